The van der Waals surface area contributed by atoms with Crippen LogP contribution in [-0.2, 0) is 5.60 Å². The third-order valence-electron chi connectivity index (χ3n) is 4.44. The van der Waals surface area contributed by atoms with Gasteiger partial charge in [0.05, 0.1) is 13.7 Å². The van der Waals surface area contributed by atoms with Crippen molar-refractivity contribution in [1.29, 1.82) is 0 Å². The molecule has 0 aliphatic carbocycles. The van der Waals surface area contributed by atoms with Crippen molar-refractivity contribution >= 4 is 21.8 Å². The van der Waals surface area contributed by atoms with Gasteiger partial charge < -0.3 is 14.7 Å². The minimum Gasteiger partial charge on any atom is -0.497 e. The van der Waals surface area contributed by atoms with Crippen LogP contribution in [0.1, 0.15) is 28.8 Å². The van der Waals surface area contributed by atoms with Gasteiger partial charge in [0.25, 0.3) is 5.91 Å². The average Bonchev–Trinajstić information content (AvgIpc) is 2.61. The lowest BCUT2D eigenvalue weighted by Crippen LogP contribution is -2.48. The lowest BCUT2D eigenvalue weighted by Gasteiger charge is -2.39. The number of methoxy groups -OCH3 is 1. The maximum atomic E-state index is 12.8. The van der Waals surface area contributed by atoms with Crippen molar-refractivity contribution in [3.05, 3.63) is 64.1 Å². The topological polar surface area (TPSA) is 49.8 Å². The number of nitrogens with zero attached hydrogens (tertiary/aromatic N) is 1. The van der Waals surface area contributed by atoms with Gasteiger partial charge in [-0.05, 0) is 48.7 Å². The molecule has 0 radical (unpaired) electrons. The van der Waals surface area contributed by atoms with E-state index < -0.39 is 5.60 Å². The molecule has 126 valence electrons. The molecule has 2 aromatic carbocycles. The van der Waals surface area contributed by atoms with E-state index in [0.717, 1.165) is 16.5 Å². The highest BCUT2D eigenvalue weighted by atomic mass is 79.9. The largest absolute Gasteiger partial charge is 0.497 e. The minimum absolute atomic E-state index is 0.0580. The Hall–Kier alpha value is -1.85. The molecule has 1 N–H and O–H groups in total. The van der Waals surface area contributed by atoms with E-state index in [-0.39, 0.29) is 12.5 Å². The number of ether oxygens (including phenoxy) is 1. The van der Waals surface area contributed by atoms with Crippen LogP contribution in [-0.4, -0.2) is 36.1 Å². The van der Waals surface area contributed by atoms with Gasteiger partial charge in [0.1, 0.15) is 11.4 Å². The second-order valence-electron chi connectivity index (χ2n) is 6.10. The van der Waals surface area contributed by atoms with E-state index in [4.69, 9.17) is 4.74 Å². The van der Waals surface area contributed by atoms with E-state index in [2.05, 4.69) is 15.9 Å². The molecule has 1 atom stereocenters. The number of benzene rings is 2. The van der Waals surface area contributed by atoms with Crippen LogP contribution >= 0.6 is 15.9 Å². The third kappa shape index (κ3) is 3.47. The highest BCUT2D eigenvalue weighted by Crippen LogP contribution is 2.33. The molecule has 1 aliphatic rings. The fraction of sp³-hybridized carbons (Fsp3) is 0.316. The van der Waals surface area contributed by atoms with Crippen LogP contribution in [0.15, 0.2) is 53.0 Å². The number of amides is 1. The smallest absolute Gasteiger partial charge is 0.254 e. The minimum atomic E-state index is -1.05. The maximum Gasteiger partial charge on any atom is 0.254 e. The molecule has 24 heavy (non-hydrogen) atoms. The van der Waals surface area contributed by atoms with E-state index >= 15 is 0 Å². The lowest BCUT2D eigenvalue weighted by atomic mass is 9.85. The van der Waals surface area contributed by atoms with Gasteiger partial charge in [0.15, 0.2) is 0 Å². The van der Waals surface area contributed by atoms with Gasteiger partial charge in [-0.15, -0.1) is 0 Å². The summed E-state index contributed by atoms with van der Waals surface area (Å²) in [5.41, 5.74) is 0.363. The van der Waals surface area contributed by atoms with Crippen molar-refractivity contribution in [1.82, 2.24) is 4.90 Å². The summed E-state index contributed by atoms with van der Waals surface area (Å²) in [6.45, 7) is 0.934. The second kappa shape index (κ2) is 6.95. The molecule has 1 heterocycles. The number of hydrogen-bond acceptors (Lipinski definition) is 3. The van der Waals surface area contributed by atoms with Crippen molar-refractivity contribution in [2.75, 3.05) is 20.2 Å². The first kappa shape index (κ1) is 17.0. The van der Waals surface area contributed by atoms with Gasteiger partial charge in [-0.3, -0.25) is 4.79 Å². The van der Waals surface area contributed by atoms with Crippen LogP contribution < -0.4 is 4.74 Å². The van der Waals surface area contributed by atoms with Crippen molar-refractivity contribution in [3.63, 3.8) is 0 Å². The Morgan fingerprint density at radius 1 is 1.25 bits per heavy atom. The predicted octanol–water partition coefficient (Wildman–Crippen LogP) is 3.58. The number of carbonyl (C=O) groups excluding carboxylic acids is 1. The number of halogens is 1. The quantitative estimate of drug-likeness (QED) is 0.872. The summed E-state index contributed by atoms with van der Waals surface area (Å²) in [5, 5.41) is 11.1. The molecule has 1 fully saturated rings. The standard InChI is InChI=1S/C19H20BrNO3/c1-24-17-8-3-6-15(12-17)19(23)9-4-10-21(13-19)18(22)14-5-2-7-16(20)11-14/h2-3,5-8,11-12,23H,4,9-10,13H2,1H3. The number of hydrogen-bond donors (Lipinski definition) is 1. The second-order valence-corrected chi connectivity index (χ2v) is 7.02. The summed E-state index contributed by atoms with van der Waals surface area (Å²) >= 11 is 3.40. The molecule has 1 saturated heterocycles. The summed E-state index contributed by atoms with van der Waals surface area (Å²) in [6, 6.07) is 14.8. The number of carbonyl (C=O) groups is 1. The molecular weight excluding hydrogens is 370 g/mol. The van der Waals surface area contributed by atoms with Gasteiger partial charge in [-0.1, -0.05) is 34.1 Å². The van der Waals surface area contributed by atoms with Crippen LogP contribution in [0.25, 0.3) is 0 Å². The van der Waals surface area contributed by atoms with Crippen LogP contribution in [0.4, 0.5) is 0 Å². The third-order valence-corrected chi connectivity index (χ3v) is 4.93. The van der Waals surface area contributed by atoms with E-state index in [9.17, 15) is 9.90 Å². The molecule has 0 bridgehead atoms. The number of rotatable bonds is 3. The lowest BCUT2D eigenvalue weighted by molar-refractivity contribution is -0.0290. The fourth-order valence-corrected chi connectivity index (χ4v) is 3.56. The predicted molar refractivity (Wildman–Crippen MR) is 96.2 cm³/mol. The van der Waals surface area contributed by atoms with Crippen molar-refractivity contribution < 1.29 is 14.6 Å². The maximum absolute atomic E-state index is 12.8. The van der Waals surface area contributed by atoms with Gasteiger partial charge in [0.2, 0.25) is 0 Å². The summed E-state index contributed by atoms with van der Waals surface area (Å²) < 4.78 is 6.12. The van der Waals surface area contributed by atoms with Crippen molar-refractivity contribution in [3.8, 4) is 5.75 Å². The van der Waals surface area contributed by atoms with Gasteiger partial charge in [0, 0.05) is 16.6 Å². The SMILES string of the molecule is COc1cccc(C2(O)CCCN(C(=O)c3cccc(Br)c3)C2)c1. The summed E-state index contributed by atoms with van der Waals surface area (Å²) in [5.74, 6) is 0.647. The van der Waals surface area contributed by atoms with E-state index in [1.807, 2.05) is 42.5 Å². The number of aliphatic hydroxyl groups is 1. The van der Waals surface area contributed by atoms with Crippen molar-refractivity contribution in [2.24, 2.45) is 0 Å². The Morgan fingerprint density at radius 3 is 2.79 bits per heavy atom. The summed E-state index contributed by atoms with van der Waals surface area (Å²) in [7, 11) is 1.60. The highest BCUT2D eigenvalue weighted by Gasteiger charge is 2.37. The van der Waals surface area contributed by atoms with Crippen LogP contribution in [0.2, 0.25) is 0 Å². The molecule has 0 aromatic heterocycles. The molecule has 4 nitrogen and oxygen atoms in total. The molecule has 0 saturated carbocycles. The highest BCUT2D eigenvalue weighted by molar-refractivity contribution is 9.10. The first-order chi connectivity index (χ1) is 11.5. The Morgan fingerprint density at radius 2 is 2.04 bits per heavy atom. The molecule has 0 spiro atoms. The zero-order valence-corrected chi connectivity index (χ0v) is 15.1. The van der Waals surface area contributed by atoms with Gasteiger partial charge >= 0.3 is 0 Å². The monoisotopic (exact) mass is 389 g/mol. The Labute approximate surface area is 150 Å². The molecule has 5 heteroatoms. The van der Waals surface area contributed by atoms with Gasteiger partial charge in [-0.2, -0.15) is 0 Å². The molecule has 1 amide bonds. The summed E-state index contributed by atoms with van der Waals surface area (Å²) in [6.07, 6.45) is 1.38. The van der Waals surface area contributed by atoms with E-state index in [0.29, 0.717) is 24.3 Å². The molecule has 1 unspecified atom stereocenters. The Kier molecular flexibility index (Phi) is 4.92. The fourth-order valence-electron chi connectivity index (χ4n) is 3.16. The van der Waals surface area contributed by atoms with Crippen LogP contribution in [0.5, 0.6) is 5.75 Å². The first-order valence-corrected chi connectivity index (χ1v) is 8.73. The molecular formula is C19H20BrNO3. The van der Waals surface area contributed by atoms with E-state index in [1.54, 1.807) is 18.1 Å². The number of piperidine rings is 1. The Balaban J connectivity index is 1.84. The van der Waals surface area contributed by atoms with E-state index in [1.165, 1.54) is 0 Å². The zero-order valence-electron chi connectivity index (χ0n) is 13.5. The Bertz CT molecular complexity index is 749. The zero-order chi connectivity index (χ0) is 17.2. The number of β-amino-alcohol motifs (C(OH)–C–C–N with tert-alkyl or cyclic N) is 1. The van der Waals surface area contributed by atoms with Crippen LogP contribution in [0.3, 0.4) is 0 Å². The summed E-state index contributed by atoms with van der Waals surface area (Å²) in [4.78, 5) is 14.5. The van der Waals surface area contributed by atoms with Crippen LogP contribution in [0, 0.1) is 0 Å². The van der Waals surface area contributed by atoms with Gasteiger partial charge in [-0.25, -0.2) is 0 Å². The molecule has 1 aliphatic heterocycles. The number of likely N-dealkylation sites (tertiary alicyclic amines) is 1. The molecule has 2 aromatic rings. The first-order valence-electron chi connectivity index (χ1n) is 7.93. The van der Waals surface area contributed by atoms with Crippen molar-refractivity contribution in [2.45, 2.75) is 18.4 Å². The average molecular weight is 390 g/mol. The normalized spacial score (nSPS) is 20.7. The molecule has 3 rings (SSSR count).